The van der Waals surface area contributed by atoms with E-state index in [2.05, 4.69) is 0 Å². The summed E-state index contributed by atoms with van der Waals surface area (Å²) in [7, 11) is 0. The van der Waals surface area contributed by atoms with Gasteiger partial charge in [-0.1, -0.05) is 23.9 Å². The van der Waals surface area contributed by atoms with Gasteiger partial charge in [-0.25, -0.2) is 9.37 Å². The lowest BCUT2D eigenvalue weighted by atomic mass is 10.0. The molecule has 0 aliphatic rings. The van der Waals surface area contributed by atoms with Gasteiger partial charge in [0.1, 0.15) is 10.6 Å². The summed E-state index contributed by atoms with van der Waals surface area (Å²) in [5, 5.41) is 1.34. The molecule has 0 aliphatic heterocycles. The van der Waals surface area contributed by atoms with Gasteiger partial charge in [-0.3, -0.25) is 9.36 Å². The topological polar surface area (TPSA) is 44.1 Å². The van der Waals surface area contributed by atoms with Gasteiger partial charge in [0.05, 0.1) is 18.1 Å². The Morgan fingerprint density at radius 2 is 2.00 bits per heavy atom. The molecule has 3 rings (SSSR count). The molecule has 0 N–H and O–H groups in total. The number of hydrogen-bond acceptors (Lipinski definition) is 5. The van der Waals surface area contributed by atoms with Gasteiger partial charge in [-0.05, 0) is 45.4 Å². The minimum Gasteiger partial charge on any atom is -0.378 e. The maximum Gasteiger partial charge on any atom is 0.263 e. The second-order valence-electron chi connectivity index (χ2n) is 6.43. The Bertz CT molecular complexity index is 994. The zero-order valence-corrected chi connectivity index (χ0v) is 17.5. The molecular weight excluding hydrogens is 383 g/mol. The first-order valence-corrected chi connectivity index (χ1v) is 10.8. The Morgan fingerprint density at radius 1 is 1.30 bits per heavy atom. The van der Waals surface area contributed by atoms with E-state index in [-0.39, 0.29) is 17.5 Å². The van der Waals surface area contributed by atoms with E-state index in [0.29, 0.717) is 23.7 Å². The van der Waals surface area contributed by atoms with Crippen LogP contribution in [0.5, 0.6) is 0 Å². The van der Waals surface area contributed by atoms with Crippen molar-refractivity contribution >= 4 is 33.3 Å². The third-order valence-electron chi connectivity index (χ3n) is 4.17. The van der Waals surface area contributed by atoms with E-state index < -0.39 is 0 Å². The molecule has 2 aromatic heterocycles. The number of nitrogens with zero attached hydrogens (tertiary/aromatic N) is 2. The van der Waals surface area contributed by atoms with Crippen LogP contribution in [0.3, 0.4) is 0 Å². The lowest BCUT2D eigenvalue weighted by Crippen LogP contribution is -2.22. The van der Waals surface area contributed by atoms with Gasteiger partial charge >= 0.3 is 0 Å². The van der Waals surface area contributed by atoms with Crippen molar-refractivity contribution in [3.05, 3.63) is 45.3 Å². The summed E-state index contributed by atoms with van der Waals surface area (Å²) in [5.74, 6) is 0.452. The quantitative estimate of drug-likeness (QED) is 0.311. The van der Waals surface area contributed by atoms with Crippen molar-refractivity contribution in [3.63, 3.8) is 0 Å². The zero-order chi connectivity index (χ0) is 19.6. The Hall–Kier alpha value is -1.70. The van der Waals surface area contributed by atoms with Crippen LogP contribution >= 0.6 is 23.1 Å². The highest BCUT2D eigenvalue weighted by Crippen LogP contribution is 2.36. The number of thiophene rings is 1. The molecule has 0 saturated heterocycles. The maximum absolute atomic E-state index is 13.3. The number of hydrogen-bond donors (Lipinski definition) is 0. The van der Waals surface area contributed by atoms with E-state index in [9.17, 15) is 9.18 Å². The Morgan fingerprint density at radius 3 is 2.63 bits per heavy atom. The number of thioether (sulfide) groups is 1. The van der Waals surface area contributed by atoms with Crippen LogP contribution in [0.15, 0.2) is 34.2 Å². The molecule has 4 nitrogen and oxygen atoms in total. The van der Waals surface area contributed by atoms with Crippen LogP contribution in [0.1, 0.15) is 25.6 Å². The van der Waals surface area contributed by atoms with Crippen LogP contribution in [0, 0.1) is 12.7 Å². The zero-order valence-electron chi connectivity index (χ0n) is 15.9. The first-order chi connectivity index (χ1) is 12.9. The molecule has 0 radical (unpaired) electrons. The summed E-state index contributed by atoms with van der Waals surface area (Å²) in [4.78, 5) is 19.7. The normalized spacial score (nSPS) is 11.6. The highest BCUT2D eigenvalue weighted by Gasteiger charge is 2.19. The van der Waals surface area contributed by atoms with Crippen molar-refractivity contribution in [3.8, 4) is 11.1 Å². The van der Waals surface area contributed by atoms with Crippen LogP contribution in [0.25, 0.3) is 21.3 Å². The lowest BCUT2D eigenvalue weighted by Gasteiger charge is -2.11. The lowest BCUT2D eigenvalue weighted by molar-refractivity contribution is 0.0920. The number of fused-ring (bicyclic) bond motifs is 1. The molecule has 0 fully saturated rings. The Kier molecular flexibility index (Phi) is 6.34. The van der Waals surface area contributed by atoms with Gasteiger partial charge in [-0.2, -0.15) is 0 Å². The largest absolute Gasteiger partial charge is 0.378 e. The molecule has 0 unspecified atom stereocenters. The maximum atomic E-state index is 13.3. The van der Waals surface area contributed by atoms with Crippen molar-refractivity contribution in [1.82, 2.24) is 9.55 Å². The molecule has 2 heterocycles. The first kappa shape index (κ1) is 20.0. The van der Waals surface area contributed by atoms with Crippen LogP contribution in [0.2, 0.25) is 0 Å². The summed E-state index contributed by atoms with van der Waals surface area (Å²) < 4.78 is 20.6. The van der Waals surface area contributed by atoms with Crippen molar-refractivity contribution in [2.75, 3.05) is 12.4 Å². The van der Waals surface area contributed by atoms with E-state index in [1.54, 1.807) is 16.7 Å². The fourth-order valence-corrected chi connectivity index (χ4v) is 4.93. The summed E-state index contributed by atoms with van der Waals surface area (Å²) >= 11 is 3.05. The van der Waals surface area contributed by atoms with Crippen LogP contribution in [0.4, 0.5) is 4.39 Å². The minimum atomic E-state index is -0.290. The smallest absolute Gasteiger partial charge is 0.263 e. The van der Waals surface area contributed by atoms with E-state index in [0.717, 1.165) is 26.6 Å². The Labute approximate surface area is 166 Å². The van der Waals surface area contributed by atoms with Gasteiger partial charge in [0, 0.05) is 22.7 Å². The fourth-order valence-electron chi connectivity index (χ4n) is 2.95. The number of halogens is 1. The van der Waals surface area contributed by atoms with Gasteiger partial charge in [0.15, 0.2) is 5.16 Å². The second-order valence-corrected chi connectivity index (χ2v) is 8.70. The third-order valence-corrected chi connectivity index (χ3v) is 6.11. The number of ether oxygens (including phenoxy) is 1. The molecule has 0 spiro atoms. The SMILES string of the molecule is CCn1c(SCCOC(C)C)nc2sc(C)c(-c3ccc(F)cc3)c2c1=O. The van der Waals surface area contributed by atoms with Gasteiger partial charge in [-0.15, -0.1) is 11.3 Å². The fraction of sp³-hybridized carbons (Fsp3) is 0.400. The average molecular weight is 407 g/mol. The number of aryl methyl sites for hydroxylation is 1. The average Bonchev–Trinajstić information content (AvgIpc) is 2.95. The van der Waals surface area contributed by atoms with Gasteiger partial charge in [0.2, 0.25) is 0 Å². The van der Waals surface area contributed by atoms with Crippen LogP contribution < -0.4 is 5.56 Å². The van der Waals surface area contributed by atoms with Gasteiger partial charge < -0.3 is 4.74 Å². The number of aromatic nitrogens is 2. The monoisotopic (exact) mass is 406 g/mol. The van der Waals surface area contributed by atoms with E-state index in [1.807, 2.05) is 27.7 Å². The highest BCUT2D eigenvalue weighted by atomic mass is 32.2. The molecule has 27 heavy (non-hydrogen) atoms. The molecular formula is C20H23FN2O2S2. The summed E-state index contributed by atoms with van der Waals surface area (Å²) in [6.45, 7) is 9.09. The summed E-state index contributed by atoms with van der Waals surface area (Å²) in [5.41, 5.74) is 1.65. The van der Waals surface area contributed by atoms with Crippen LogP contribution in [-0.2, 0) is 11.3 Å². The molecule has 0 atom stereocenters. The predicted octanol–water partition coefficient (Wildman–Crippen LogP) is 5.11. The Balaban J connectivity index is 2.05. The summed E-state index contributed by atoms with van der Waals surface area (Å²) in [6, 6.07) is 6.27. The van der Waals surface area contributed by atoms with E-state index in [4.69, 9.17) is 9.72 Å². The molecule has 144 valence electrons. The molecule has 1 aromatic carbocycles. The van der Waals surface area contributed by atoms with Crippen molar-refractivity contribution < 1.29 is 9.13 Å². The van der Waals surface area contributed by atoms with Crippen molar-refractivity contribution in [2.45, 2.75) is 45.5 Å². The van der Waals surface area contributed by atoms with E-state index >= 15 is 0 Å². The second kappa shape index (κ2) is 8.54. The van der Waals surface area contributed by atoms with Gasteiger partial charge in [0.25, 0.3) is 5.56 Å². The standard InChI is InChI=1S/C20H23FN2O2S2/c1-5-23-19(24)17-16(14-6-8-15(21)9-7-14)13(4)27-18(17)22-20(23)26-11-10-25-12(2)3/h6-9,12H,5,10-11H2,1-4H3. The van der Waals surface area contributed by atoms with Crippen molar-refractivity contribution in [1.29, 1.82) is 0 Å². The molecule has 0 amide bonds. The molecule has 0 saturated carbocycles. The minimum absolute atomic E-state index is 0.0431. The molecule has 0 bridgehead atoms. The molecule has 7 heteroatoms. The van der Waals surface area contributed by atoms with Crippen LogP contribution in [-0.4, -0.2) is 28.0 Å². The number of benzene rings is 1. The van der Waals surface area contributed by atoms with Crippen molar-refractivity contribution in [2.24, 2.45) is 0 Å². The molecule has 0 aliphatic carbocycles. The first-order valence-electron chi connectivity index (χ1n) is 8.96. The van der Waals surface area contributed by atoms with E-state index in [1.165, 1.54) is 35.2 Å². The summed E-state index contributed by atoms with van der Waals surface area (Å²) in [6.07, 6.45) is 0.188. The number of rotatable bonds is 7. The predicted molar refractivity (Wildman–Crippen MR) is 111 cm³/mol. The molecule has 3 aromatic rings. The highest BCUT2D eigenvalue weighted by molar-refractivity contribution is 7.99. The third kappa shape index (κ3) is 4.25.